The van der Waals surface area contributed by atoms with Crippen molar-refractivity contribution in [1.29, 1.82) is 0 Å². The second-order valence-corrected chi connectivity index (χ2v) is 8.28. The van der Waals surface area contributed by atoms with Crippen LogP contribution < -0.4 is 15.8 Å². The van der Waals surface area contributed by atoms with Crippen LogP contribution in [0.5, 0.6) is 0 Å². The molecule has 3 aliphatic rings. The van der Waals surface area contributed by atoms with Crippen LogP contribution in [0.1, 0.15) is 54.4 Å². The topological polar surface area (TPSA) is 62.4 Å². The van der Waals surface area contributed by atoms with E-state index in [0.717, 1.165) is 103 Å². The average Bonchev–Trinajstić information content (AvgIpc) is 3.36. The largest absolute Gasteiger partial charge is 0.404 e. The third kappa shape index (κ3) is 3.59. The highest BCUT2D eigenvalue weighted by Crippen LogP contribution is 2.41. The fourth-order valence-electron chi connectivity index (χ4n) is 4.42. The third-order valence-electron chi connectivity index (χ3n) is 5.69. The lowest BCUT2D eigenvalue weighted by Crippen LogP contribution is -2.17. The molecule has 0 saturated heterocycles. The smallest absolute Gasteiger partial charge is 0.130 e. The highest BCUT2D eigenvalue weighted by molar-refractivity contribution is 8.02. The molecule has 144 valence electrons. The first-order chi connectivity index (χ1) is 13.2. The highest BCUT2D eigenvalue weighted by atomic mass is 32.2. The maximum Gasteiger partial charge on any atom is 0.130 e. The summed E-state index contributed by atoms with van der Waals surface area (Å²) in [7, 11) is 0. The number of halogens is 1. The van der Waals surface area contributed by atoms with Crippen molar-refractivity contribution >= 4 is 23.3 Å². The lowest BCUT2D eigenvalue weighted by atomic mass is 9.98. The molecule has 1 aliphatic heterocycles. The van der Waals surface area contributed by atoms with E-state index in [0.29, 0.717) is 5.82 Å². The summed E-state index contributed by atoms with van der Waals surface area (Å²) in [6.45, 7) is 5.01. The molecule has 0 spiro atoms. The van der Waals surface area contributed by atoms with Crippen LogP contribution in [0, 0.1) is 5.82 Å². The molecule has 0 atom stereocenters. The quantitative estimate of drug-likeness (QED) is 0.636. The standard InChI is InChI=1S/C21H27FN4S/c1-13(26-27-19(12-23)18-10-2-3-11-24-18)25-21-16-8-4-6-14(16)20(22)15-7-5-9-17(15)21/h12,25-26H,1-11,23H2. The molecular formula is C21H27FN4S. The van der Waals surface area contributed by atoms with Gasteiger partial charge in [0.2, 0.25) is 0 Å². The van der Waals surface area contributed by atoms with E-state index in [1.807, 2.05) is 0 Å². The van der Waals surface area contributed by atoms with Gasteiger partial charge in [-0.05, 0) is 92.0 Å². The van der Waals surface area contributed by atoms with Crippen molar-refractivity contribution in [2.24, 2.45) is 10.7 Å². The van der Waals surface area contributed by atoms with Gasteiger partial charge in [0.05, 0.1) is 10.6 Å². The summed E-state index contributed by atoms with van der Waals surface area (Å²) in [4.78, 5) is 5.53. The number of nitrogens with two attached hydrogens (primary N) is 1. The minimum absolute atomic E-state index is 0.0529. The SMILES string of the molecule is C=C(NSC(=CN)C1=NCCCC1)Nc1c2c(c(F)c3c1CCC3)CCC2. The molecule has 4 rings (SSSR count). The zero-order valence-electron chi connectivity index (χ0n) is 15.7. The van der Waals surface area contributed by atoms with Crippen LogP contribution in [0.4, 0.5) is 10.1 Å². The van der Waals surface area contributed by atoms with Crippen LogP contribution in [-0.2, 0) is 25.7 Å². The van der Waals surface area contributed by atoms with Crippen LogP contribution in [-0.4, -0.2) is 12.3 Å². The van der Waals surface area contributed by atoms with Gasteiger partial charge in [-0.1, -0.05) is 6.58 Å². The summed E-state index contributed by atoms with van der Waals surface area (Å²) in [6.07, 6.45) is 10.5. The van der Waals surface area contributed by atoms with Crippen LogP contribution >= 0.6 is 11.9 Å². The molecule has 1 aromatic carbocycles. The molecule has 0 amide bonds. The molecule has 27 heavy (non-hydrogen) atoms. The normalized spacial score (nSPS) is 18.7. The van der Waals surface area contributed by atoms with Crippen molar-refractivity contribution in [3.8, 4) is 0 Å². The molecule has 4 N–H and O–H groups in total. The Balaban J connectivity index is 1.48. The molecule has 6 heteroatoms. The minimum Gasteiger partial charge on any atom is -0.404 e. The number of nitrogens with zero attached hydrogens (tertiary/aromatic N) is 1. The minimum atomic E-state index is 0.0529. The van der Waals surface area contributed by atoms with E-state index < -0.39 is 0 Å². The highest BCUT2D eigenvalue weighted by Gasteiger charge is 2.29. The zero-order valence-corrected chi connectivity index (χ0v) is 16.5. The van der Waals surface area contributed by atoms with Crippen molar-refractivity contribution in [2.75, 3.05) is 11.9 Å². The van der Waals surface area contributed by atoms with Gasteiger partial charge in [0.25, 0.3) is 0 Å². The number of aliphatic imine (C=N–C) groups is 1. The first-order valence-corrected chi connectivity index (χ1v) is 10.7. The summed E-state index contributed by atoms with van der Waals surface area (Å²) in [6, 6.07) is 0. The zero-order chi connectivity index (χ0) is 18.8. The number of anilines is 1. The maximum absolute atomic E-state index is 14.8. The van der Waals surface area contributed by atoms with Gasteiger partial charge in [-0.3, -0.25) is 4.99 Å². The number of hydrogen-bond acceptors (Lipinski definition) is 5. The summed E-state index contributed by atoms with van der Waals surface area (Å²) in [5.74, 6) is 0.753. The molecule has 0 fully saturated rings. The fourth-order valence-corrected chi connectivity index (χ4v) is 5.06. The van der Waals surface area contributed by atoms with Gasteiger partial charge in [0.15, 0.2) is 0 Å². The predicted octanol–water partition coefficient (Wildman–Crippen LogP) is 4.35. The average molecular weight is 387 g/mol. The molecule has 0 bridgehead atoms. The lowest BCUT2D eigenvalue weighted by Gasteiger charge is -2.20. The van der Waals surface area contributed by atoms with Crippen molar-refractivity contribution in [2.45, 2.75) is 57.8 Å². The van der Waals surface area contributed by atoms with E-state index in [9.17, 15) is 4.39 Å². The number of fused-ring (bicyclic) bond motifs is 2. The molecule has 1 aromatic rings. The number of hydrogen-bond donors (Lipinski definition) is 3. The molecule has 0 aromatic heterocycles. The van der Waals surface area contributed by atoms with E-state index >= 15 is 0 Å². The fraction of sp³-hybridized carbons (Fsp3) is 0.476. The second kappa shape index (κ2) is 7.97. The van der Waals surface area contributed by atoms with Gasteiger partial charge in [-0.25, -0.2) is 4.39 Å². The molecular weight excluding hydrogens is 359 g/mol. The molecule has 4 nitrogen and oxygen atoms in total. The number of benzene rings is 1. The van der Waals surface area contributed by atoms with Gasteiger partial charge >= 0.3 is 0 Å². The Morgan fingerprint density at radius 2 is 1.67 bits per heavy atom. The molecule has 1 heterocycles. The number of nitrogens with one attached hydrogen (secondary N) is 2. The maximum atomic E-state index is 14.8. The van der Waals surface area contributed by atoms with Gasteiger partial charge in [-0.2, -0.15) is 0 Å². The summed E-state index contributed by atoms with van der Waals surface area (Å²) in [5.41, 5.74) is 12.1. The number of rotatable bonds is 6. The molecule has 0 saturated carbocycles. The van der Waals surface area contributed by atoms with Gasteiger partial charge < -0.3 is 15.8 Å². The van der Waals surface area contributed by atoms with Gasteiger partial charge in [-0.15, -0.1) is 0 Å². The molecule has 2 aliphatic carbocycles. The van der Waals surface area contributed by atoms with Gasteiger partial charge in [0, 0.05) is 18.4 Å². The first kappa shape index (κ1) is 18.4. The van der Waals surface area contributed by atoms with E-state index in [4.69, 9.17) is 5.73 Å². The van der Waals surface area contributed by atoms with Crippen molar-refractivity contribution in [1.82, 2.24) is 4.72 Å². The van der Waals surface area contributed by atoms with E-state index in [2.05, 4.69) is 21.6 Å². The van der Waals surface area contributed by atoms with Crippen LogP contribution in [0.3, 0.4) is 0 Å². The van der Waals surface area contributed by atoms with Crippen molar-refractivity contribution < 1.29 is 4.39 Å². The summed E-state index contributed by atoms with van der Waals surface area (Å²) < 4.78 is 18.1. The molecule has 0 radical (unpaired) electrons. The van der Waals surface area contributed by atoms with E-state index in [1.54, 1.807) is 6.20 Å². The van der Waals surface area contributed by atoms with Crippen LogP contribution in [0.15, 0.2) is 28.5 Å². The van der Waals surface area contributed by atoms with E-state index in [1.165, 1.54) is 11.9 Å². The monoisotopic (exact) mass is 386 g/mol. The van der Waals surface area contributed by atoms with Crippen LogP contribution in [0.2, 0.25) is 0 Å². The Hall–Kier alpha value is -1.95. The summed E-state index contributed by atoms with van der Waals surface area (Å²) >= 11 is 1.44. The Kier molecular flexibility index (Phi) is 5.43. The van der Waals surface area contributed by atoms with E-state index in [-0.39, 0.29) is 5.82 Å². The van der Waals surface area contributed by atoms with Crippen LogP contribution in [0.25, 0.3) is 0 Å². The lowest BCUT2D eigenvalue weighted by molar-refractivity contribution is 0.598. The Morgan fingerprint density at radius 1 is 1.00 bits per heavy atom. The summed E-state index contributed by atoms with van der Waals surface area (Å²) in [5, 5.41) is 3.45. The molecule has 0 unspecified atom stereocenters. The Labute approximate surface area is 164 Å². The van der Waals surface area contributed by atoms with Gasteiger partial charge in [0.1, 0.15) is 11.6 Å². The predicted molar refractivity (Wildman–Crippen MR) is 112 cm³/mol. The van der Waals surface area contributed by atoms with Crippen molar-refractivity contribution in [3.63, 3.8) is 0 Å². The Bertz CT molecular complexity index is 793. The Morgan fingerprint density at radius 3 is 2.26 bits per heavy atom. The number of allylic oxidation sites excluding steroid dienone is 1. The first-order valence-electron chi connectivity index (χ1n) is 9.88. The third-order valence-corrected chi connectivity index (χ3v) is 6.63. The second-order valence-electron chi connectivity index (χ2n) is 7.43. The van der Waals surface area contributed by atoms with Crippen molar-refractivity contribution in [3.05, 3.63) is 51.6 Å².